The van der Waals surface area contributed by atoms with Crippen LogP contribution in [0.25, 0.3) is 0 Å². The molecule has 0 atom stereocenters. The van der Waals surface area contributed by atoms with Gasteiger partial charge in [0.1, 0.15) is 5.82 Å². The first-order chi connectivity index (χ1) is 10.6. The highest BCUT2D eigenvalue weighted by molar-refractivity contribution is 6.01. The predicted octanol–water partition coefficient (Wildman–Crippen LogP) is 2.53. The van der Waals surface area contributed by atoms with E-state index in [2.05, 4.69) is 10.6 Å². The second-order valence-corrected chi connectivity index (χ2v) is 4.66. The Morgan fingerprint density at radius 2 is 2.00 bits per heavy atom. The van der Waals surface area contributed by atoms with Gasteiger partial charge in [0.25, 0.3) is 5.91 Å². The van der Waals surface area contributed by atoms with Crippen molar-refractivity contribution in [2.24, 2.45) is 0 Å². The minimum atomic E-state index is -0.398. The van der Waals surface area contributed by atoms with Crippen LogP contribution in [0.3, 0.4) is 0 Å². The third-order valence-corrected chi connectivity index (χ3v) is 3.02. The third-order valence-electron chi connectivity index (χ3n) is 3.02. The molecule has 0 aliphatic heterocycles. The highest BCUT2D eigenvalue weighted by atomic mass is 19.1. The van der Waals surface area contributed by atoms with Crippen molar-refractivity contribution in [2.75, 3.05) is 31.3 Å². The summed E-state index contributed by atoms with van der Waals surface area (Å²) < 4.78 is 18.6. The van der Waals surface area contributed by atoms with Gasteiger partial charge in [-0.25, -0.2) is 4.39 Å². The molecule has 0 unspecified atom stereocenters. The Morgan fingerprint density at radius 3 is 2.73 bits per heavy atom. The van der Waals surface area contributed by atoms with Crippen LogP contribution in [-0.2, 0) is 4.74 Å². The summed E-state index contributed by atoms with van der Waals surface area (Å²) in [5, 5.41) is 5.63. The predicted molar refractivity (Wildman–Crippen MR) is 84.7 cm³/mol. The minimum Gasteiger partial charge on any atom is -0.399 e. The zero-order valence-electron chi connectivity index (χ0n) is 12.2. The van der Waals surface area contributed by atoms with Crippen LogP contribution in [-0.4, -0.2) is 26.2 Å². The van der Waals surface area contributed by atoms with Crippen LogP contribution in [0.5, 0.6) is 0 Å². The van der Waals surface area contributed by atoms with Crippen LogP contribution in [0.4, 0.5) is 21.5 Å². The molecule has 0 radical (unpaired) electrons. The number of para-hydroxylation sites is 1. The van der Waals surface area contributed by atoms with Gasteiger partial charge in [-0.2, -0.15) is 0 Å². The molecule has 116 valence electrons. The fraction of sp³-hybridized carbons (Fsp3) is 0.188. The average molecular weight is 303 g/mol. The number of hydrogen-bond donors (Lipinski definition) is 3. The van der Waals surface area contributed by atoms with E-state index in [1.165, 1.54) is 6.07 Å². The van der Waals surface area contributed by atoms with Crippen molar-refractivity contribution in [3.8, 4) is 0 Å². The van der Waals surface area contributed by atoms with Crippen molar-refractivity contribution in [3.05, 3.63) is 53.8 Å². The largest absolute Gasteiger partial charge is 0.399 e. The lowest BCUT2D eigenvalue weighted by molar-refractivity contribution is 0.0938. The molecule has 0 saturated carbocycles. The summed E-state index contributed by atoms with van der Waals surface area (Å²) in [7, 11) is 1.55. The van der Waals surface area contributed by atoms with Crippen LogP contribution in [0.2, 0.25) is 0 Å². The second kappa shape index (κ2) is 7.42. The van der Waals surface area contributed by atoms with Gasteiger partial charge < -0.3 is 21.1 Å². The number of amides is 1. The van der Waals surface area contributed by atoms with Crippen molar-refractivity contribution < 1.29 is 13.9 Å². The van der Waals surface area contributed by atoms with E-state index in [1.54, 1.807) is 43.5 Å². The lowest BCUT2D eigenvalue weighted by atomic mass is 10.1. The lowest BCUT2D eigenvalue weighted by Gasteiger charge is -2.13. The van der Waals surface area contributed by atoms with Crippen LogP contribution in [0.1, 0.15) is 10.4 Å². The van der Waals surface area contributed by atoms with E-state index in [1.807, 2.05) is 0 Å². The van der Waals surface area contributed by atoms with E-state index in [-0.39, 0.29) is 5.91 Å². The van der Waals surface area contributed by atoms with Gasteiger partial charge in [-0.1, -0.05) is 12.1 Å². The summed E-state index contributed by atoms with van der Waals surface area (Å²) in [6.07, 6.45) is 0. The summed E-state index contributed by atoms with van der Waals surface area (Å²) >= 11 is 0. The molecule has 22 heavy (non-hydrogen) atoms. The van der Waals surface area contributed by atoms with Gasteiger partial charge in [-0.05, 0) is 30.3 Å². The van der Waals surface area contributed by atoms with Crippen LogP contribution >= 0.6 is 0 Å². The molecule has 0 bridgehead atoms. The third kappa shape index (κ3) is 3.95. The monoisotopic (exact) mass is 303 g/mol. The molecule has 2 aromatic rings. The summed E-state index contributed by atoms with van der Waals surface area (Å²) in [5.41, 5.74) is 7.31. The molecule has 0 saturated heterocycles. The summed E-state index contributed by atoms with van der Waals surface area (Å²) in [5.74, 6) is -0.701. The number of nitrogen functional groups attached to an aromatic ring is 1. The number of halogens is 1. The van der Waals surface area contributed by atoms with Crippen LogP contribution in [0, 0.1) is 5.82 Å². The zero-order chi connectivity index (χ0) is 15.9. The van der Waals surface area contributed by atoms with Gasteiger partial charge in [0, 0.05) is 19.3 Å². The van der Waals surface area contributed by atoms with E-state index in [0.717, 1.165) is 0 Å². The molecule has 0 aromatic heterocycles. The lowest BCUT2D eigenvalue weighted by Crippen LogP contribution is -2.27. The molecule has 0 aliphatic carbocycles. The van der Waals surface area contributed by atoms with E-state index < -0.39 is 5.82 Å². The first kappa shape index (κ1) is 15.8. The topological polar surface area (TPSA) is 76.4 Å². The number of nitrogens with two attached hydrogens (primary N) is 1. The Balaban J connectivity index is 2.24. The smallest absolute Gasteiger partial charge is 0.253 e. The number of nitrogens with one attached hydrogen (secondary N) is 2. The van der Waals surface area contributed by atoms with Gasteiger partial charge in [0.2, 0.25) is 0 Å². The zero-order valence-corrected chi connectivity index (χ0v) is 12.2. The van der Waals surface area contributed by atoms with Crippen molar-refractivity contribution in [1.82, 2.24) is 5.32 Å². The standard InChI is InChI=1S/C16H18FN3O2/c1-22-9-8-19-16(21)12-10-11(18)6-7-14(12)20-15-5-3-2-4-13(15)17/h2-7,10,20H,8-9,18H2,1H3,(H,19,21). The number of ether oxygens (including phenoxy) is 1. The molecule has 0 aliphatic rings. The SMILES string of the molecule is COCCNC(=O)c1cc(N)ccc1Nc1ccccc1F. The molecular formula is C16H18FN3O2. The maximum atomic E-state index is 13.7. The summed E-state index contributed by atoms with van der Waals surface area (Å²) in [6, 6.07) is 11.1. The van der Waals surface area contributed by atoms with Gasteiger partial charge >= 0.3 is 0 Å². The number of carbonyl (C=O) groups is 1. The molecule has 2 aromatic carbocycles. The second-order valence-electron chi connectivity index (χ2n) is 4.66. The molecule has 0 heterocycles. The molecule has 5 nitrogen and oxygen atoms in total. The van der Waals surface area contributed by atoms with Crippen molar-refractivity contribution in [3.63, 3.8) is 0 Å². The summed E-state index contributed by atoms with van der Waals surface area (Å²) in [6.45, 7) is 0.785. The number of rotatable bonds is 6. The Kier molecular flexibility index (Phi) is 5.32. The van der Waals surface area contributed by atoms with E-state index in [9.17, 15) is 9.18 Å². The minimum absolute atomic E-state index is 0.290. The maximum Gasteiger partial charge on any atom is 0.253 e. The molecule has 0 spiro atoms. The highest BCUT2D eigenvalue weighted by Crippen LogP contribution is 2.24. The van der Waals surface area contributed by atoms with Crippen LogP contribution in [0.15, 0.2) is 42.5 Å². The first-order valence-electron chi connectivity index (χ1n) is 6.80. The number of benzene rings is 2. The number of carbonyl (C=O) groups excluding carboxylic acids is 1. The molecule has 2 rings (SSSR count). The maximum absolute atomic E-state index is 13.7. The Bertz CT molecular complexity index is 662. The average Bonchev–Trinajstić information content (AvgIpc) is 2.51. The van der Waals surface area contributed by atoms with Gasteiger partial charge in [-0.15, -0.1) is 0 Å². The van der Waals surface area contributed by atoms with Crippen molar-refractivity contribution in [2.45, 2.75) is 0 Å². The van der Waals surface area contributed by atoms with E-state index in [0.29, 0.717) is 35.8 Å². The normalized spacial score (nSPS) is 10.3. The van der Waals surface area contributed by atoms with E-state index >= 15 is 0 Å². The fourth-order valence-electron chi connectivity index (χ4n) is 1.93. The van der Waals surface area contributed by atoms with Gasteiger partial charge in [0.15, 0.2) is 0 Å². The fourth-order valence-corrected chi connectivity index (χ4v) is 1.93. The first-order valence-corrected chi connectivity index (χ1v) is 6.80. The number of anilines is 3. The van der Waals surface area contributed by atoms with Crippen molar-refractivity contribution >= 4 is 23.0 Å². The molecule has 6 heteroatoms. The van der Waals surface area contributed by atoms with Crippen molar-refractivity contribution in [1.29, 1.82) is 0 Å². The Hall–Kier alpha value is -2.60. The summed E-state index contributed by atoms with van der Waals surface area (Å²) in [4.78, 5) is 12.2. The number of hydrogen-bond acceptors (Lipinski definition) is 4. The molecule has 4 N–H and O–H groups in total. The van der Waals surface area contributed by atoms with Gasteiger partial charge in [0.05, 0.1) is 23.5 Å². The van der Waals surface area contributed by atoms with Gasteiger partial charge in [-0.3, -0.25) is 4.79 Å². The molecular weight excluding hydrogens is 285 g/mol. The quantitative estimate of drug-likeness (QED) is 0.566. The molecule has 0 fully saturated rings. The Labute approximate surface area is 128 Å². The van der Waals surface area contributed by atoms with E-state index in [4.69, 9.17) is 10.5 Å². The van der Waals surface area contributed by atoms with Crippen LogP contribution < -0.4 is 16.4 Å². The molecule has 1 amide bonds. The number of methoxy groups -OCH3 is 1. The highest BCUT2D eigenvalue weighted by Gasteiger charge is 2.13. The Morgan fingerprint density at radius 1 is 1.23 bits per heavy atom.